The van der Waals surface area contributed by atoms with Crippen LogP contribution in [0.2, 0.25) is 0 Å². The molecular weight excluding hydrogens is 216 g/mol. The van der Waals surface area contributed by atoms with Crippen molar-refractivity contribution in [2.75, 3.05) is 11.9 Å². The van der Waals surface area contributed by atoms with Crippen LogP contribution in [0.3, 0.4) is 0 Å². The first-order valence-electron chi connectivity index (χ1n) is 5.79. The zero-order chi connectivity index (χ0) is 12.1. The number of imidazole rings is 1. The highest BCUT2D eigenvalue weighted by Gasteiger charge is 2.05. The fourth-order valence-corrected chi connectivity index (χ4v) is 1.54. The smallest absolute Gasteiger partial charge is 0.321 e. The molecule has 17 heavy (non-hydrogen) atoms. The number of carbonyl (C=O) groups excluding carboxylic acids is 1. The molecule has 0 unspecified atom stereocenters. The largest absolute Gasteiger partial charge is 0.338 e. The van der Waals surface area contributed by atoms with Crippen LogP contribution in [0.1, 0.15) is 19.8 Å². The number of urea groups is 1. The van der Waals surface area contributed by atoms with Crippen LogP contribution >= 0.6 is 0 Å². The number of H-pyrrole nitrogens is 1. The molecule has 0 aliphatic rings. The predicted molar refractivity (Wildman–Crippen MR) is 68.0 cm³/mol. The van der Waals surface area contributed by atoms with Gasteiger partial charge in [0.2, 0.25) is 5.95 Å². The number of para-hydroxylation sites is 2. The molecule has 0 aliphatic carbocycles. The molecule has 3 N–H and O–H groups in total. The Kier molecular flexibility index (Phi) is 3.59. The van der Waals surface area contributed by atoms with Crippen molar-refractivity contribution in [3.8, 4) is 0 Å². The van der Waals surface area contributed by atoms with E-state index >= 15 is 0 Å². The number of aromatic amines is 1. The Morgan fingerprint density at radius 1 is 1.41 bits per heavy atom. The van der Waals surface area contributed by atoms with E-state index in [2.05, 4.69) is 27.5 Å². The molecule has 90 valence electrons. The molecule has 1 aromatic heterocycles. The highest BCUT2D eigenvalue weighted by Crippen LogP contribution is 2.12. The molecule has 0 atom stereocenters. The highest BCUT2D eigenvalue weighted by molar-refractivity contribution is 5.89. The zero-order valence-electron chi connectivity index (χ0n) is 9.79. The van der Waals surface area contributed by atoms with Crippen molar-refractivity contribution in [3.63, 3.8) is 0 Å². The Morgan fingerprint density at radius 2 is 2.24 bits per heavy atom. The minimum atomic E-state index is -0.225. The number of fused-ring (bicyclic) bond motifs is 1. The van der Waals surface area contributed by atoms with Crippen molar-refractivity contribution in [1.29, 1.82) is 0 Å². The van der Waals surface area contributed by atoms with Gasteiger partial charge in [-0.05, 0) is 18.6 Å². The highest BCUT2D eigenvalue weighted by atomic mass is 16.2. The van der Waals surface area contributed by atoms with Crippen molar-refractivity contribution in [3.05, 3.63) is 24.3 Å². The summed E-state index contributed by atoms with van der Waals surface area (Å²) in [5.74, 6) is 0.472. The summed E-state index contributed by atoms with van der Waals surface area (Å²) in [4.78, 5) is 18.8. The third-order valence-corrected chi connectivity index (χ3v) is 2.44. The number of nitrogens with zero attached hydrogens (tertiary/aromatic N) is 1. The van der Waals surface area contributed by atoms with Crippen LogP contribution in [0.15, 0.2) is 24.3 Å². The fourth-order valence-electron chi connectivity index (χ4n) is 1.54. The van der Waals surface area contributed by atoms with Crippen LogP contribution < -0.4 is 10.6 Å². The van der Waals surface area contributed by atoms with Crippen molar-refractivity contribution in [2.45, 2.75) is 19.8 Å². The molecule has 5 heteroatoms. The van der Waals surface area contributed by atoms with Gasteiger partial charge in [0.1, 0.15) is 0 Å². The van der Waals surface area contributed by atoms with E-state index in [1.165, 1.54) is 0 Å². The van der Waals surface area contributed by atoms with Crippen LogP contribution in [0, 0.1) is 0 Å². The second-order valence-electron chi connectivity index (χ2n) is 3.84. The lowest BCUT2D eigenvalue weighted by molar-refractivity contribution is 0.252. The number of rotatable bonds is 4. The second-order valence-corrected chi connectivity index (χ2v) is 3.84. The number of aromatic nitrogens is 2. The summed E-state index contributed by atoms with van der Waals surface area (Å²) in [6.07, 6.45) is 2.04. The summed E-state index contributed by atoms with van der Waals surface area (Å²) in [6.45, 7) is 2.77. The van der Waals surface area contributed by atoms with Gasteiger partial charge in [-0.1, -0.05) is 25.5 Å². The molecule has 0 saturated carbocycles. The monoisotopic (exact) mass is 232 g/mol. The number of anilines is 1. The first-order valence-corrected chi connectivity index (χ1v) is 5.79. The van der Waals surface area contributed by atoms with Gasteiger partial charge in [-0.25, -0.2) is 9.78 Å². The van der Waals surface area contributed by atoms with Gasteiger partial charge >= 0.3 is 6.03 Å². The van der Waals surface area contributed by atoms with E-state index in [0.29, 0.717) is 12.5 Å². The Labute approximate surface area is 99.6 Å². The van der Waals surface area contributed by atoms with Gasteiger partial charge in [0, 0.05) is 6.54 Å². The molecule has 0 fully saturated rings. The summed E-state index contributed by atoms with van der Waals surface area (Å²) in [5.41, 5.74) is 1.76. The lowest BCUT2D eigenvalue weighted by atomic mass is 10.3. The van der Waals surface area contributed by atoms with Gasteiger partial charge < -0.3 is 10.3 Å². The van der Waals surface area contributed by atoms with Gasteiger partial charge in [0.15, 0.2) is 0 Å². The fraction of sp³-hybridized carbons (Fsp3) is 0.333. The first-order chi connectivity index (χ1) is 8.29. The molecule has 0 spiro atoms. The number of amides is 2. The standard InChI is InChI=1S/C12H16N4O/c1-2-3-8-13-12(17)16-11-14-9-6-4-5-7-10(9)15-11/h4-7H,2-3,8H2,1H3,(H3,13,14,15,16,17). The molecular formula is C12H16N4O. The summed E-state index contributed by atoms with van der Waals surface area (Å²) in [6, 6.07) is 7.42. The van der Waals surface area contributed by atoms with Crippen LogP contribution in [-0.4, -0.2) is 22.5 Å². The maximum atomic E-state index is 11.5. The van der Waals surface area contributed by atoms with Crippen LogP contribution in [0.4, 0.5) is 10.7 Å². The number of nitrogens with one attached hydrogen (secondary N) is 3. The van der Waals surface area contributed by atoms with E-state index in [-0.39, 0.29) is 6.03 Å². The van der Waals surface area contributed by atoms with Gasteiger partial charge in [-0.3, -0.25) is 5.32 Å². The summed E-state index contributed by atoms with van der Waals surface area (Å²) >= 11 is 0. The molecule has 5 nitrogen and oxygen atoms in total. The molecule has 0 radical (unpaired) electrons. The van der Waals surface area contributed by atoms with Gasteiger partial charge in [-0.15, -0.1) is 0 Å². The number of hydrogen-bond acceptors (Lipinski definition) is 2. The van der Waals surface area contributed by atoms with E-state index in [4.69, 9.17) is 0 Å². The van der Waals surface area contributed by atoms with Crippen molar-refractivity contribution >= 4 is 23.0 Å². The topological polar surface area (TPSA) is 69.8 Å². The van der Waals surface area contributed by atoms with Crippen molar-refractivity contribution in [1.82, 2.24) is 15.3 Å². The molecule has 0 bridgehead atoms. The number of hydrogen-bond donors (Lipinski definition) is 3. The van der Waals surface area contributed by atoms with Crippen LogP contribution in [-0.2, 0) is 0 Å². The lowest BCUT2D eigenvalue weighted by Gasteiger charge is -2.03. The normalized spacial score (nSPS) is 10.4. The Balaban J connectivity index is 1.96. The summed E-state index contributed by atoms with van der Waals surface area (Å²) in [5, 5.41) is 5.44. The maximum absolute atomic E-state index is 11.5. The third-order valence-electron chi connectivity index (χ3n) is 2.44. The van der Waals surface area contributed by atoms with E-state index < -0.39 is 0 Å². The minimum Gasteiger partial charge on any atom is -0.338 e. The number of unbranched alkanes of at least 4 members (excludes halogenated alkanes) is 1. The van der Waals surface area contributed by atoms with Gasteiger partial charge in [0.05, 0.1) is 11.0 Å². The maximum Gasteiger partial charge on any atom is 0.321 e. The Bertz CT molecular complexity index is 473. The number of carbonyl (C=O) groups is 1. The average Bonchev–Trinajstić information content (AvgIpc) is 2.71. The Morgan fingerprint density at radius 3 is 3.00 bits per heavy atom. The predicted octanol–water partition coefficient (Wildman–Crippen LogP) is 2.48. The summed E-state index contributed by atoms with van der Waals surface area (Å²) in [7, 11) is 0. The number of benzene rings is 1. The van der Waals surface area contributed by atoms with E-state index in [9.17, 15) is 4.79 Å². The molecule has 0 saturated heterocycles. The van der Waals surface area contributed by atoms with Crippen LogP contribution in [0.5, 0.6) is 0 Å². The Hall–Kier alpha value is -2.04. The van der Waals surface area contributed by atoms with Gasteiger partial charge in [-0.2, -0.15) is 0 Å². The lowest BCUT2D eigenvalue weighted by Crippen LogP contribution is -2.29. The molecule has 2 amide bonds. The van der Waals surface area contributed by atoms with Gasteiger partial charge in [0.25, 0.3) is 0 Å². The third kappa shape index (κ3) is 2.96. The summed E-state index contributed by atoms with van der Waals surface area (Å²) < 4.78 is 0. The molecule has 2 aromatic rings. The first kappa shape index (κ1) is 11.4. The van der Waals surface area contributed by atoms with E-state index in [1.54, 1.807) is 0 Å². The zero-order valence-corrected chi connectivity index (χ0v) is 9.79. The van der Waals surface area contributed by atoms with Crippen molar-refractivity contribution in [2.24, 2.45) is 0 Å². The molecule has 2 rings (SSSR count). The second kappa shape index (κ2) is 5.34. The SMILES string of the molecule is CCCCNC(=O)Nc1nc2ccccc2[nH]1. The quantitative estimate of drug-likeness (QED) is 0.709. The minimum absolute atomic E-state index is 0.225. The van der Waals surface area contributed by atoms with Crippen LogP contribution in [0.25, 0.3) is 11.0 Å². The molecule has 1 aromatic carbocycles. The van der Waals surface area contributed by atoms with E-state index in [1.807, 2.05) is 24.3 Å². The van der Waals surface area contributed by atoms with Crippen molar-refractivity contribution < 1.29 is 4.79 Å². The molecule has 1 heterocycles. The van der Waals surface area contributed by atoms with E-state index in [0.717, 1.165) is 23.9 Å². The average molecular weight is 232 g/mol. The molecule has 0 aliphatic heterocycles.